The Hall–Kier alpha value is -1.53. The van der Waals surface area contributed by atoms with Crippen LogP contribution in [-0.2, 0) is 4.74 Å². The molecule has 2 rings (SSSR count). The van der Waals surface area contributed by atoms with Gasteiger partial charge in [-0.05, 0) is 38.1 Å². The number of hydrogen-bond donors (Lipinski definition) is 0. The van der Waals surface area contributed by atoms with Crippen molar-refractivity contribution in [2.24, 2.45) is 5.18 Å². The van der Waals surface area contributed by atoms with E-state index >= 15 is 0 Å². The summed E-state index contributed by atoms with van der Waals surface area (Å²) in [6.45, 7) is 10.7. The van der Waals surface area contributed by atoms with Crippen molar-refractivity contribution in [3.05, 3.63) is 23.2 Å². The number of anilines is 1. The second-order valence-electron chi connectivity index (χ2n) is 5.96. The van der Waals surface area contributed by atoms with Gasteiger partial charge in [0.2, 0.25) is 0 Å². The molecule has 0 atom stereocenters. The fourth-order valence-corrected chi connectivity index (χ4v) is 2.04. The predicted molar refractivity (Wildman–Crippen MR) is 79.2 cm³/mol. The zero-order chi connectivity index (χ0) is 14.6. The SMILES string of the molecule is CC(C)(C)OCN1CCN(c2ccc(N=O)nc2)CC1. The van der Waals surface area contributed by atoms with Crippen LogP contribution < -0.4 is 4.90 Å². The molecule has 0 aromatic carbocycles. The summed E-state index contributed by atoms with van der Waals surface area (Å²) >= 11 is 0. The third-order valence-corrected chi connectivity index (χ3v) is 3.24. The van der Waals surface area contributed by atoms with Gasteiger partial charge >= 0.3 is 0 Å². The van der Waals surface area contributed by atoms with Gasteiger partial charge < -0.3 is 9.64 Å². The summed E-state index contributed by atoms with van der Waals surface area (Å²) in [7, 11) is 0. The predicted octanol–water partition coefficient (Wildman–Crippen LogP) is 2.37. The van der Waals surface area contributed by atoms with Crippen molar-refractivity contribution in [2.75, 3.05) is 37.8 Å². The van der Waals surface area contributed by atoms with E-state index in [2.05, 4.69) is 40.7 Å². The van der Waals surface area contributed by atoms with E-state index in [1.54, 1.807) is 12.3 Å². The molecule has 2 heterocycles. The van der Waals surface area contributed by atoms with Crippen LogP contribution >= 0.6 is 0 Å². The van der Waals surface area contributed by atoms with Gasteiger partial charge in [-0.25, -0.2) is 4.98 Å². The second kappa shape index (κ2) is 6.28. The molecular weight excluding hydrogens is 256 g/mol. The highest BCUT2D eigenvalue weighted by atomic mass is 16.5. The lowest BCUT2D eigenvalue weighted by Gasteiger charge is -2.36. The fraction of sp³-hybridized carbons (Fsp3) is 0.643. The molecule has 6 nitrogen and oxygen atoms in total. The molecule has 1 aliphatic rings. The van der Waals surface area contributed by atoms with E-state index in [4.69, 9.17) is 4.74 Å². The first-order valence-corrected chi connectivity index (χ1v) is 6.88. The molecule has 0 bridgehead atoms. The quantitative estimate of drug-likeness (QED) is 0.791. The van der Waals surface area contributed by atoms with Crippen molar-refractivity contribution in [3.8, 4) is 0 Å². The van der Waals surface area contributed by atoms with Crippen molar-refractivity contribution in [1.29, 1.82) is 0 Å². The van der Waals surface area contributed by atoms with Crippen LogP contribution in [0.2, 0.25) is 0 Å². The van der Waals surface area contributed by atoms with Crippen molar-refractivity contribution in [2.45, 2.75) is 26.4 Å². The van der Waals surface area contributed by atoms with E-state index in [1.807, 2.05) is 6.07 Å². The number of ether oxygens (including phenoxy) is 1. The van der Waals surface area contributed by atoms with Crippen LogP contribution in [-0.4, -0.2) is 48.4 Å². The van der Waals surface area contributed by atoms with Gasteiger partial charge in [0.25, 0.3) is 0 Å². The summed E-state index contributed by atoms with van der Waals surface area (Å²) in [4.78, 5) is 18.9. The Balaban J connectivity index is 1.82. The molecule has 1 fully saturated rings. The number of rotatable bonds is 4. The molecule has 1 aliphatic heterocycles. The highest BCUT2D eigenvalue weighted by molar-refractivity contribution is 5.48. The van der Waals surface area contributed by atoms with Crippen molar-refractivity contribution >= 4 is 11.5 Å². The number of aromatic nitrogens is 1. The Labute approximate surface area is 119 Å². The van der Waals surface area contributed by atoms with E-state index < -0.39 is 0 Å². The van der Waals surface area contributed by atoms with Gasteiger partial charge in [0.05, 0.1) is 24.2 Å². The molecule has 0 amide bonds. The van der Waals surface area contributed by atoms with Crippen molar-refractivity contribution < 1.29 is 4.74 Å². The lowest BCUT2D eigenvalue weighted by molar-refractivity contribution is -0.0644. The van der Waals surface area contributed by atoms with Crippen LogP contribution in [0.3, 0.4) is 0 Å². The minimum atomic E-state index is -0.0985. The Bertz CT molecular complexity index is 433. The minimum Gasteiger partial charge on any atom is -0.368 e. The molecule has 0 N–H and O–H groups in total. The number of nitroso groups, excluding NO2 is 1. The molecule has 1 saturated heterocycles. The standard InChI is InChI=1S/C14H22N4O2/c1-14(2,3)20-11-17-6-8-18(9-7-17)12-4-5-13(16-19)15-10-12/h4-5,10H,6-9,11H2,1-3H3. The molecule has 110 valence electrons. The molecule has 0 saturated carbocycles. The largest absolute Gasteiger partial charge is 0.368 e. The first-order chi connectivity index (χ1) is 9.48. The van der Waals surface area contributed by atoms with Gasteiger partial charge in [-0.1, -0.05) is 0 Å². The van der Waals surface area contributed by atoms with Gasteiger partial charge in [-0.15, -0.1) is 4.91 Å². The monoisotopic (exact) mass is 278 g/mol. The molecule has 0 aliphatic carbocycles. The van der Waals surface area contributed by atoms with Crippen LogP contribution in [0, 0.1) is 4.91 Å². The molecule has 6 heteroatoms. The topological polar surface area (TPSA) is 58.0 Å². The minimum absolute atomic E-state index is 0.0985. The van der Waals surface area contributed by atoms with E-state index in [9.17, 15) is 4.91 Å². The summed E-state index contributed by atoms with van der Waals surface area (Å²) < 4.78 is 5.79. The van der Waals surface area contributed by atoms with E-state index in [0.29, 0.717) is 6.73 Å². The Morgan fingerprint density at radius 2 is 1.95 bits per heavy atom. The number of piperazine rings is 1. The lowest BCUT2D eigenvalue weighted by atomic mass is 10.2. The Kier molecular flexibility index (Phi) is 4.67. The number of pyridine rings is 1. The van der Waals surface area contributed by atoms with Gasteiger partial charge in [0, 0.05) is 26.2 Å². The fourth-order valence-electron chi connectivity index (χ4n) is 2.04. The Morgan fingerprint density at radius 1 is 1.25 bits per heavy atom. The molecule has 1 aromatic heterocycles. The second-order valence-corrected chi connectivity index (χ2v) is 5.96. The average Bonchev–Trinajstić information content (AvgIpc) is 2.45. The van der Waals surface area contributed by atoms with Gasteiger partial charge in [-0.2, -0.15) is 0 Å². The molecule has 20 heavy (non-hydrogen) atoms. The molecule has 0 radical (unpaired) electrons. The third kappa shape index (κ3) is 4.25. The summed E-state index contributed by atoms with van der Waals surface area (Å²) in [6, 6.07) is 3.54. The maximum Gasteiger partial charge on any atom is 0.196 e. The maximum absolute atomic E-state index is 10.3. The molecule has 0 spiro atoms. The third-order valence-electron chi connectivity index (χ3n) is 3.24. The highest BCUT2D eigenvalue weighted by Crippen LogP contribution is 2.18. The van der Waals surface area contributed by atoms with Gasteiger partial charge in [0.1, 0.15) is 0 Å². The zero-order valence-electron chi connectivity index (χ0n) is 12.4. The average molecular weight is 278 g/mol. The molecular formula is C14H22N4O2. The van der Waals surface area contributed by atoms with Crippen LogP contribution in [0.25, 0.3) is 0 Å². The van der Waals surface area contributed by atoms with E-state index in [0.717, 1.165) is 31.9 Å². The summed E-state index contributed by atoms with van der Waals surface area (Å²) in [5, 5.41) is 2.81. The van der Waals surface area contributed by atoms with Crippen molar-refractivity contribution in [1.82, 2.24) is 9.88 Å². The zero-order valence-corrected chi connectivity index (χ0v) is 12.4. The van der Waals surface area contributed by atoms with Crippen LogP contribution in [0.15, 0.2) is 23.5 Å². The normalized spacial score (nSPS) is 17.2. The first kappa shape index (κ1) is 14.9. The van der Waals surface area contributed by atoms with Crippen LogP contribution in [0.4, 0.5) is 11.5 Å². The number of hydrogen-bond acceptors (Lipinski definition) is 6. The molecule has 1 aromatic rings. The van der Waals surface area contributed by atoms with E-state index in [-0.39, 0.29) is 11.4 Å². The van der Waals surface area contributed by atoms with E-state index in [1.165, 1.54) is 0 Å². The van der Waals surface area contributed by atoms with Crippen molar-refractivity contribution in [3.63, 3.8) is 0 Å². The van der Waals surface area contributed by atoms with Gasteiger partial charge in [-0.3, -0.25) is 4.90 Å². The number of nitrogens with zero attached hydrogens (tertiary/aromatic N) is 4. The lowest BCUT2D eigenvalue weighted by Crippen LogP contribution is -2.48. The smallest absolute Gasteiger partial charge is 0.196 e. The molecule has 0 unspecified atom stereocenters. The van der Waals surface area contributed by atoms with Gasteiger partial charge in [0.15, 0.2) is 5.82 Å². The summed E-state index contributed by atoms with van der Waals surface area (Å²) in [6.07, 6.45) is 1.71. The van der Waals surface area contributed by atoms with Crippen LogP contribution in [0.1, 0.15) is 20.8 Å². The maximum atomic E-state index is 10.3. The Morgan fingerprint density at radius 3 is 2.45 bits per heavy atom. The van der Waals surface area contributed by atoms with Crippen LogP contribution in [0.5, 0.6) is 0 Å². The summed E-state index contributed by atoms with van der Waals surface area (Å²) in [5.74, 6) is 0.228. The summed E-state index contributed by atoms with van der Waals surface area (Å²) in [5.41, 5.74) is 0.937. The first-order valence-electron chi connectivity index (χ1n) is 6.88. The highest BCUT2D eigenvalue weighted by Gasteiger charge is 2.19.